The molecule has 0 amide bonds. The maximum absolute atomic E-state index is 11.9. The molecular weight excluding hydrogens is 242 g/mol. The summed E-state index contributed by atoms with van der Waals surface area (Å²) in [4.78, 5) is 11.9. The van der Waals surface area contributed by atoms with E-state index in [-0.39, 0.29) is 5.69 Å². The molecule has 0 aliphatic heterocycles. The Morgan fingerprint density at radius 3 is 2.84 bits per heavy atom. The van der Waals surface area contributed by atoms with Gasteiger partial charge in [0.25, 0.3) is 0 Å². The van der Waals surface area contributed by atoms with Crippen LogP contribution in [0.25, 0.3) is 11.5 Å². The van der Waals surface area contributed by atoms with E-state index < -0.39 is 0 Å². The van der Waals surface area contributed by atoms with Gasteiger partial charge in [0.05, 0.1) is 0 Å². The molecule has 6 nitrogen and oxygen atoms in total. The average Bonchev–Trinajstić information content (AvgIpc) is 2.99. The number of aromatic amines is 1. The molecule has 0 spiro atoms. The second-order valence-electron chi connectivity index (χ2n) is 5.34. The number of rotatable bonds is 3. The fourth-order valence-corrected chi connectivity index (χ4v) is 2.84. The third-order valence-electron chi connectivity index (χ3n) is 3.87. The van der Waals surface area contributed by atoms with Crippen molar-refractivity contribution in [3.63, 3.8) is 0 Å². The summed E-state index contributed by atoms with van der Waals surface area (Å²) in [7, 11) is 1.86. The highest BCUT2D eigenvalue weighted by Gasteiger charge is 2.19. The van der Waals surface area contributed by atoms with Gasteiger partial charge < -0.3 is 0 Å². The second kappa shape index (κ2) is 5.03. The molecule has 0 saturated heterocycles. The van der Waals surface area contributed by atoms with Crippen molar-refractivity contribution in [3.8, 4) is 11.5 Å². The minimum absolute atomic E-state index is 0.133. The van der Waals surface area contributed by atoms with Crippen molar-refractivity contribution >= 4 is 0 Å². The van der Waals surface area contributed by atoms with Gasteiger partial charge >= 0.3 is 5.69 Å². The predicted octanol–water partition coefficient (Wildman–Crippen LogP) is 1.55. The molecule has 0 atom stereocenters. The number of hydrogen-bond donors (Lipinski definition) is 1. The molecule has 0 unspecified atom stereocenters. The average molecular weight is 261 g/mol. The van der Waals surface area contributed by atoms with Gasteiger partial charge in [0.1, 0.15) is 5.69 Å². The third-order valence-corrected chi connectivity index (χ3v) is 3.87. The summed E-state index contributed by atoms with van der Waals surface area (Å²) < 4.78 is 3.46. The van der Waals surface area contributed by atoms with Crippen molar-refractivity contribution in [2.45, 2.75) is 38.6 Å². The molecule has 2 heterocycles. The summed E-state index contributed by atoms with van der Waals surface area (Å²) in [6, 6.07) is 1.88. The van der Waals surface area contributed by atoms with E-state index in [1.54, 1.807) is 9.25 Å². The van der Waals surface area contributed by atoms with Gasteiger partial charge in [0, 0.05) is 19.8 Å². The summed E-state index contributed by atoms with van der Waals surface area (Å²) in [6.45, 7) is 0.751. The van der Waals surface area contributed by atoms with Gasteiger partial charge in [0.2, 0.25) is 0 Å². The third kappa shape index (κ3) is 2.47. The molecule has 3 rings (SSSR count). The molecule has 1 N–H and O–H groups in total. The van der Waals surface area contributed by atoms with E-state index in [0.29, 0.717) is 11.7 Å². The number of aryl methyl sites for hydroxylation is 1. The molecule has 2 aromatic heterocycles. The van der Waals surface area contributed by atoms with Crippen LogP contribution < -0.4 is 5.69 Å². The van der Waals surface area contributed by atoms with Gasteiger partial charge in [0.15, 0.2) is 5.82 Å². The summed E-state index contributed by atoms with van der Waals surface area (Å²) in [5.74, 6) is 1.24. The van der Waals surface area contributed by atoms with Crippen LogP contribution in [-0.4, -0.2) is 24.5 Å². The lowest BCUT2D eigenvalue weighted by atomic mass is 9.89. The van der Waals surface area contributed by atoms with Crippen LogP contribution in [0.3, 0.4) is 0 Å². The van der Waals surface area contributed by atoms with Crippen molar-refractivity contribution in [1.82, 2.24) is 24.5 Å². The quantitative estimate of drug-likeness (QED) is 0.911. The van der Waals surface area contributed by atoms with E-state index in [2.05, 4.69) is 15.3 Å². The molecule has 0 bridgehead atoms. The summed E-state index contributed by atoms with van der Waals surface area (Å²) in [5, 5.41) is 11.0. The van der Waals surface area contributed by atoms with E-state index in [9.17, 15) is 4.79 Å². The fraction of sp³-hybridized carbons (Fsp3) is 0.615. The van der Waals surface area contributed by atoms with Crippen LogP contribution in [0.15, 0.2) is 17.1 Å². The van der Waals surface area contributed by atoms with Crippen molar-refractivity contribution < 1.29 is 0 Å². The monoisotopic (exact) mass is 261 g/mol. The van der Waals surface area contributed by atoms with Crippen LogP contribution in [0.4, 0.5) is 0 Å². The highest BCUT2D eigenvalue weighted by Crippen LogP contribution is 2.25. The Morgan fingerprint density at radius 1 is 1.37 bits per heavy atom. The van der Waals surface area contributed by atoms with E-state index >= 15 is 0 Å². The largest absolute Gasteiger partial charge is 0.343 e. The number of aromatic nitrogens is 5. The molecule has 1 aliphatic carbocycles. The first kappa shape index (κ1) is 12.2. The predicted molar refractivity (Wildman–Crippen MR) is 71.6 cm³/mol. The fourth-order valence-electron chi connectivity index (χ4n) is 2.84. The zero-order valence-electron chi connectivity index (χ0n) is 11.2. The molecule has 1 aliphatic rings. The highest BCUT2D eigenvalue weighted by atomic mass is 16.1. The molecule has 1 saturated carbocycles. The Bertz CT molecular complexity index is 603. The van der Waals surface area contributed by atoms with E-state index in [1.165, 1.54) is 32.1 Å². The van der Waals surface area contributed by atoms with Crippen LogP contribution in [0, 0.1) is 5.92 Å². The SMILES string of the molecule is Cn1ccc(-c2n[nH]c(=O)n2CC2CCCCC2)n1. The van der Waals surface area contributed by atoms with Gasteiger partial charge in [-0.3, -0.25) is 9.25 Å². The molecule has 0 radical (unpaired) electrons. The summed E-state index contributed by atoms with van der Waals surface area (Å²) >= 11 is 0. The van der Waals surface area contributed by atoms with E-state index in [4.69, 9.17) is 0 Å². The maximum atomic E-state index is 11.9. The Labute approximate surface area is 111 Å². The maximum Gasteiger partial charge on any atom is 0.343 e. The first-order valence-electron chi connectivity index (χ1n) is 6.89. The highest BCUT2D eigenvalue weighted by molar-refractivity contribution is 5.47. The van der Waals surface area contributed by atoms with Gasteiger partial charge in [-0.1, -0.05) is 19.3 Å². The van der Waals surface area contributed by atoms with Gasteiger partial charge in [-0.15, -0.1) is 0 Å². The van der Waals surface area contributed by atoms with Crippen molar-refractivity contribution in [2.75, 3.05) is 0 Å². The van der Waals surface area contributed by atoms with Gasteiger partial charge in [-0.25, -0.2) is 9.89 Å². The lowest BCUT2D eigenvalue weighted by Crippen LogP contribution is -2.23. The van der Waals surface area contributed by atoms with E-state index in [0.717, 1.165) is 12.2 Å². The summed E-state index contributed by atoms with van der Waals surface area (Å²) in [5.41, 5.74) is 0.614. The first-order valence-corrected chi connectivity index (χ1v) is 6.89. The molecule has 6 heteroatoms. The van der Waals surface area contributed by atoms with Crippen LogP contribution in [0.2, 0.25) is 0 Å². The number of nitrogens with one attached hydrogen (secondary N) is 1. The van der Waals surface area contributed by atoms with Crippen molar-refractivity contribution in [1.29, 1.82) is 0 Å². The zero-order valence-corrected chi connectivity index (χ0v) is 11.2. The number of hydrogen-bond acceptors (Lipinski definition) is 3. The van der Waals surface area contributed by atoms with Crippen LogP contribution >= 0.6 is 0 Å². The van der Waals surface area contributed by atoms with Gasteiger partial charge in [-0.2, -0.15) is 10.2 Å². The normalized spacial score (nSPS) is 16.9. The lowest BCUT2D eigenvalue weighted by molar-refractivity contribution is 0.317. The van der Waals surface area contributed by atoms with Crippen LogP contribution in [0.1, 0.15) is 32.1 Å². The molecule has 2 aromatic rings. The van der Waals surface area contributed by atoms with Crippen molar-refractivity contribution in [2.24, 2.45) is 13.0 Å². The minimum Gasteiger partial charge on any atom is -0.275 e. The number of nitrogens with zero attached hydrogens (tertiary/aromatic N) is 4. The lowest BCUT2D eigenvalue weighted by Gasteiger charge is -2.21. The second-order valence-corrected chi connectivity index (χ2v) is 5.34. The topological polar surface area (TPSA) is 68.5 Å². The standard InChI is InChI=1S/C13H19N5O/c1-17-8-7-11(16-17)12-14-15-13(19)18(12)9-10-5-3-2-4-6-10/h7-8,10H,2-6,9H2,1H3,(H,15,19). The number of H-pyrrole nitrogens is 1. The first-order chi connectivity index (χ1) is 9.24. The van der Waals surface area contributed by atoms with Crippen LogP contribution in [-0.2, 0) is 13.6 Å². The molecular formula is C13H19N5O. The van der Waals surface area contributed by atoms with Crippen molar-refractivity contribution in [3.05, 3.63) is 22.7 Å². The van der Waals surface area contributed by atoms with E-state index in [1.807, 2.05) is 19.3 Å². The van der Waals surface area contributed by atoms with Gasteiger partial charge in [-0.05, 0) is 24.8 Å². The Hall–Kier alpha value is -1.85. The minimum atomic E-state index is -0.133. The molecule has 1 fully saturated rings. The molecule has 19 heavy (non-hydrogen) atoms. The molecule has 102 valence electrons. The molecule has 0 aromatic carbocycles. The Balaban J connectivity index is 1.88. The smallest absolute Gasteiger partial charge is 0.275 e. The van der Waals surface area contributed by atoms with Crippen LogP contribution in [0.5, 0.6) is 0 Å². The summed E-state index contributed by atoms with van der Waals surface area (Å²) in [6.07, 6.45) is 8.15. The Kier molecular flexibility index (Phi) is 3.23. The zero-order chi connectivity index (χ0) is 13.2. The Morgan fingerprint density at radius 2 is 2.16 bits per heavy atom.